The van der Waals surface area contributed by atoms with Gasteiger partial charge in [0.25, 0.3) is 0 Å². The molecule has 0 amide bonds. The average Bonchev–Trinajstić information content (AvgIpc) is 2.99. The number of nitrogens with zero attached hydrogens (tertiary/aromatic N) is 2. The minimum Gasteiger partial charge on any atom is -0.872 e. The molecule has 5 rings (SSSR count). The predicted octanol–water partition coefficient (Wildman–Crippen LogP) is 6.09. The van der Waals surface area contributed by atoms with E-state index in [0.717, 1.165) is 22.3 Å². The average molecular weight is 605 g/mol. The molecule has 0 atom stereocenters. The molecule has 0 radical (unpaired) electrons. The third-order valence-corrected chi connectivity index (χ3v) is 6.22. The van der Waals surface area contributed by atoms with E-state index in [1.807, 2.05) is 76.2 Å². The van der Waals surface area contributed by atoms with Crippen LogP contribution in [0.5, 0.6) is 23.0 Å². The van der Waals surface area contributed by atoms with Crippen LogP contribution in [0, 0.1) is 27.7 Å². The van der Waals surface area contributed by atoms with Crippen molar-refractivity contribution in [1.82, 2.24) is 0 Å². The van der Waals surface area contributed by atoms with Crippen LogP contribution in [0.3, 0.4) is 0 Å². The number of para-hydroxylation sites is 6. The number of aliphatic imine (C=N–C) groups is 2. The zero-order chi connectivity index (χ0) is 30.5. The molecule has 5 aromatic rings. The summed E-state index contributed by atoms with van der Waals surface area (Å²) in [5, 5.41) is 45.4. The zero-order valence-corrected chi connectivity index (χ0v) is 26.1. The summed E-state index contributed by atoms with van der Waals surface area (Å²) in [4.78, 5) is 8.71. The van der Waals surface area contributed by atoms with E-state index in [9.17, 15) is 20.4 Å². The molecule has 0 saturated carbocycles. The molecule has 0 aliphatic carbocycles. The Balaban J connectivity index is 0.000000278. The van der Waals surface area contributed by atoms with Crippen molar-refractivity contribution in [2.24, 2.45) is 9.98 Å². The molecule has 214 valence electrons. The fourth-order valence-electron chi connectivity index (χ4n) is 3.73. The quantitative estimate of drug-likeness (QED) is 0.182. The van der Waals surface area contributed by atoms with Crippen molar-refractivity contribution in [2.75, 3.05) is 0 Å². The van der Waals surface area contributed by atoms with E-state index in [4.69, 9.17) is 0 Å². The van der Waals surface area contributed by atoms with E-state index in [1.54, 1.807) is 48.5 Å². The molecule has 0 aliphatic rings. The molecule has 6 nitrogen and oxygen atoms in total. The first-order valence-corrected chi connectivity index (χ1v) is 13.3. The van der Waals surface area contributed by atoms with Crippen LogP contribution in [-0.4, -0.2) is 12.4 Å². The smallest absolute Gasteiger partial charge is 0.872 e. The van der Waals surface area contributed by atoms with Crippen molar-refractivity contribution < 1.29 is 42.1 Å². The molecule has 0 unspecified atom stereocenters. The minimum absolute atomic E-state index is 0. The van der Waals surface area contributed by atoms with Gasteiger partial charge in [-0.25, -0.2) is 0 Å². The SMILES string of the molecule is Cc1cccc(C)c1[O-].Cc1cccc(C)c1[O-].[O-]c1ccccc1C=Nc1ccccc1N=Cc1ccccc1[O-].[Ti+4]. The zero-order valence-electron chi connectivity index (χ0n) is 24.6. The van der Waals surface area contributed by atoms with Crippen LogP contribution in [0.25, 0.3) is 0 Å². The second kappa shape index (κ2) is 17.3. The van der Waals surface area contributed by atoms with E-state index in [-0.39, 0.29) is 44.7 Å². The molecule has 0 bridgehead atoms. The van der Waals surface area contributed by atoms with Gasteiger partial charge in [-0.1, -0.05) is 119 Å². The molecular formula is C36H32N2O4Ti. The standard InChI is InChI=1S/C20H16N2O2.2C8H10O.Ti/c23-19-11-5-1-7-15(19)13-21-17-9-3-4-10-18(17)22-14-16-8-2-6-12-20(16)24;2*1-6-4-3-5-7(2)8(6)9;/h1-14,23-24H;2*3-5,9H,1-2H3;/q;;;+4/p-4. The predicted molar refractivity (Wildman–Crippen MR) is 163 cm³/mol. The molecule has 0 saturated heterocycles. The maximum Gasteiger partial charge on any atom is 4.00 e. The molecular weight excluding hydrogens is 572 g/mol. The van der Waals surface area contributed by atoms with E-state index < -0.39 is 0 Å². The summed E-state index contributed by atoms with van der Waals surface area (Å²) in [6, 6.07) is 31.8. The van der Waals surface area contributed by atoms with Crippen molar-refractivity contribution in [3.8, 4) is 23.0 Å². The molecule has 0 N–H and O–H groups in total. The van der Waals surface area contributed by atoms with Crippen LogP contribution >= 0.6 is 0 Å². The number of hydrogen-bond acceptors (Lipinski definition) is 6. The van der Waals surface area contributed by atoms with Gasteiger partial charge in [-0.3, -0.25) is 9.98 Å². The molecule has 0 spiro atoms. The summed E-state index contributed by atoms with van der Waals surface area (Å²) < 4.78 is 0. The summed E-state index contributed by atoms with van der Waals surface area (Å²) in [5.74, 6) is 0.167. The van der Waals surface area contributed by atoms with Crippen molar-refractivity contribution in [3.63, 3.8) is 0 Å². The first-order valence-electron chi connectivity index (χ1n) is 13.3. The summed E-state index contributed by atoms with van der Waals surface area (Å²) in [6.07, 6.45) is 3.05. The topological polar surface area (TPSA) is 117 Å². The Morgan fingerprint density at radius 2 is 0.721 bits per heavy atom. The summed E-state index contributed by atoms with van der Waals surface area (Å²) >= 11 is 0. The Kier molecular flexibility index (Phi) is 13.9. The van der Waals surface area contributed by atoms with Crippen molar-refractivity contribution in [3.05, 3.63) is 143 Å². The van der Waals surface area contributed by atoms with Gasteiger partial charge in [0.2, 0.25) is 0 Å². The third-order valence-electron chi connectivity index (χ3n) is 6.22. The fourth-order valence-corrected chi connectivity index (χ4v) is 3.73. The van der Waals surface area contributed by atoms with Gasteiger partial charge in [0.15, 0.2) is 0 Å². The molecule has 0 aliphatic heterocycles. The van der Waals surface area contributed by atoms with E-state index in [2.05, 4.69) is 9.98 Å². The van der Waals surface area contributed by atoms with E-state index in [1.165, 1.54) is 24.6 Å². The van der Waals surface area contributed by atoms with Gasteiger partial charge in [0.05, 0.1) is 11.4 Å². The number of benzene rings is 5. The Labute approximate surface area is 268 Å². The third kappa shape index (κ3) is 10.6. The largest absolute Gasteiger partial charge is 4.00 e. The Hall–Kier alpha value is -4.65. The van der Waals surface area contributed by atoms with Gasteiger partial charge < -0.3 is 20.4 Å². The minimum atomic E-state index is -0.0810. The fraction of sp³-hybridized carbons (Fsp3) is 0.111. The first kappa shape index (κ1) is 34.6. The van der Waals surface area contributed by atoms with Crippen LogP contribution < -0.4 is 20.4 Å². The molecule has 0 heterocycles. The Morgan fingerprint density at radius 1 is 0.419 bits per heavy atom. The van der Waals surface area contributed by atoms with E-state index in [0.29, 0.717) is 22.5 Å². The van der Waals surface area contributed by atoms with Crippen LogP contribution in [0.15, 0.2) is 119 Å². The van der Waals surface area contributed by atoms with Crippen LogP contribution in [0.4, 0.5) is 11.4 Å². The second-order valence-corrected chi connectivity index (χ2v) is 9.52. The summed E-state index contributed by atoms with van der Waals surface area (Å²) in [6.45, 7) is 7.31. The van der Waals surface area contributed by atoms with Crippen LogP contribution in [-0.2, 0) is 21.7 Å². The summed E-state index contributed by atoms with van der Waals surface area (Å²) in [5.41, 5.74) is 5.60. The number of aryl methyl sites for hydroxylation is 4. The summed E-state index contributed by atoms with van der Waals surface area (Å²) in [7, 11) is 0. The van der Waals surface area contributed by atoms with Gasteiger partial charge in [-0.15, -0.1) is 23.0 Å². The first-order chi connectivity index (χ1) is 20.2. The van der Waals surface area contributed by atoms with Crippen molar-refractivity contribution >= 4 is 23.8 Å². The molecule has 0 aromatic heterocycles. The maximum absolute atomic E-state index is 11.7. The Morgan fingerprint density at radius 3 is 1.02 bits per heavy atom. The second-order valence-electron chi connectivity index (χ2n) is 9.52. The van der Waals surface area contributed by atoms with Gasteiger partial charge in [0, 0.05) is 12.4 Å². The molecule has 7 heteroatoms. The van der Waals surface area contributed by atoms with Crippen molar-refractivity contribution in [1.29, 1.82) is 0 Å². The normalized spacial score (nSPS) is 10.3. The van der Waals surface area contributed by atoms with Gasteiger partial charge in [-0.05, 0) is 51.0 Å². The van der Waals surface area contributed by atoms with Crippen molar-refractivity contribution in [2.45, 2.75) is 27.7 Å². The molecule has 0 fully saturated rings. The Bertz CT molecular complexity index is 1520. The molecule has 43 heavy (non-hydrogen) atoms. The monoisotopic (exact) mass is 604 g/mol. The van der Waals surface area contributed by atoms with Crippen LogP contribution in [0.2, 0.25) is 0 Å². The number of hydrogen-bond donors (Lipinski definition) is 0. The maximum atomic E-state index is 11.7. The number of rotatable bonds is 4. The van der Waals surface area contributed by atoms with E-state index >= 15 is 0 Å². The van der Waals surface area contributed by atoms with Gasteiger partial charge in [-0.2, -0.15) is 0 Å². The molecule has 5 aromatic carbocycles. The van der Waals surface area contributed by atoms with Gasteiger partial charge in [0.1, 0.15) is 0 Å². The van der Waals surface area contributed by atoms with Crippen LogP contribution in [0.1, 0.15) is 33.4 Å². The van der Waals surface area contributed by atoms with Gasteiger partial charge >= 0.3 is 21.7 Å².